The predicted molar refractivity (Wildman–Crippen MR) is 145 cm³/mol. The third kappa shape index (κ3) is 7.19. The second kappa shape index (κ2) is 12.1. The number of hydrogen-bond acceptors (Lipinski definition) is 9. The van der Waals surface area contributed by atoms with E-state index in [0.717, 1.165) is 44.5 Å². The molecule has 42 heavy (non-hydrogen) atoms. The molecule has 1 amide bonds. The lowest BCUT2D eigenvalue weighted by Crippen LogP contribution is -2.49. The van der Waals surface area contributed by atoms with Crippen molar-refractivity contribution in [3.05, 3.63) is 57.9 Å². The molecule has 0 aliphatic carbocycles. The quantitative estimate of drug-likeness (QED) is 0.218. The molecule has 3 aromatic rings. The van der Waals surface area contributed by atoms with Gasteiger partial charge < -0.3 is 9.32 Å². The van der Waals surface area contributed by atoms with Crippen LogP contribution < -0.4 is 0 Å². The van der Waals surface area contributed by atoms with Crippen molar-refractivity contribution in [3.63, 3.8) is 0 Å². The molecule has 2 fully saturated rings. The molecule has 0 unspecified atom stereocenters. The summed E-state index contributed by atoms with van der Waals surface area (Å²) in [6, 6.07) is 3.85. The highest BCUT2D eigenvalue weighted by Crippen LogP contribution is 2.39. The fourth-order valence-electron chi connectivity index (χ4n) is 4.53. The zero-order valence-electron chi connectivity index (χ0n) is 21.7. The number of hydrogen-bond donors (Lipinski definition) is 1. The summed E-state index contributed by atoms with van der Waals surface area (Å²) in [5.41, 5.74) is -3.29. The van der Waals surface area contributed by atoms with Gasteiger partial charge >= 0.3 is 12.4 Å². The summed E-state index contributed by atoms with van der Waals surface area (Å²) >= 11 is 6.44. The lowest BCUT2D eigenvalue weighted by atomic mass is 10.0. The molecular formula is C25H23F6N7O2S2. The van der Waals surface area contributed by atoms with Crippen LogP contribution in [0.3, 0.4) is 0 Å². The monoisotopic (exact) mass is 631 g/mol. The fraction of sp³-hybridized carbons (Fsp3) is 0.400. The van der Waals surface area contributed by atoms with E-state index in [0.29, 0.717) is 41.8 Å². The summed E-state index contributed by atoms with van der Waals surface area (Å²) in [7, 11) is 0. The van der Waals surface area contributed by atoms with E-state index in [9.17, 15) is 31.1 Å². The van der Waals surface area contributed by atoms with Crippen LogP contribution in [0.2, 0.25) is 0 Å². The van der Waals surface area contributed by atoms with E-state index < -0.39 is 23.5 Å². The van der Waals surface area contributed by atoms with Crippen LogP contribution in [0.25, 0.3) is 17.4 Å². The number of nitrogens with zero attached hydrogens (tertiary/aromatic N) is 6. The van der Waals surface area contributed by atoms with Gasteiger partial charge in [0.2, 0.25) is 0 Å². The molecule has 0 saturated carbocycles. The number of carbonyl (C=O) groups is 1. The van der Waals surface area contributed by atoms with Crippen LogP contribution >= 0.6 is 24.0 Å². The molecule has 1 aromatic carbocycles. The summed E-state index contributed by atoms with van der Waals surface area (Å²) in [6.45, 7) is 5.15. The van der Waals surface area contributed by atoms with Crippen molar-refractivity contribution in [2.24, 2.45) is 0 Å². The zero-order valence-corrected chi connectivity index (χ0v) is 23.3. The first kappa shape index (κ1) is 30.2. The molecular weight excluding hydrogens is 608 g/mol. The molecule has 9 nitrogen and oxygen atoms in total. The molecule has 0 spiro atoms. The smallest absolute Gasteiger partial charge is 0.416 e. The van der Waals surface area contributed by atoms with Crippen molar-refractivity contribution in [1.82, 2.24) is 35.3 Å². The number of halogens is 6. The Morgan fingerprint density at radius 3 is 2.19 bits per heavy atom. The van der Waals surface area contributed by atoms with Gasteiger partial charge in [-0.25, -0.2) is 0 Å². The van der Waals surface area contributed by atoms with Gasteiger partial charge in [0, 0.05) is 63.9 Å². The zero-order chi connectivity index (χ0) is 30.1. The van der Waals surface area contributed by atoms with Gasteiger partial charge in [-0.05, 0) is 30.3 Å². The maximum Gasteiger partial charge on any atom is 0.416 e. The highest BCUT2D eigenvalue weighted by atomic mass is 32.2. The number of furan rings is 1. The number of H-pyrrole nitrogens is 1. The van der Waals surface area contributed by atoms with Gasteiger partial charge in [0.15, 0.2) is 5.82 Å². The molecule has 2 saturated heterocycles. The normalized spacial score (nSPS) is 18.5. The highest BCUT2D eigenvalue weighted by molar-refractivity contribution is 8.26. The summed E-state index contributed by atoms with van der Waals surface area (Å²) in [5, 5.41) is 13.9. The van der Waals surface area contributed by atoms with Crippen LogP contribution in [0.5, 0.6) is 0 Å². The van der Waals surface area contributed by atoms with E-state index in [-0.39, 0.29) is 34.0 Å². The number of thioether (sulfide) groups is 1. The maximum atomic E-state index is 13.2. The largest absolute Gasteiger partial charge is 0.457 e. The van der Waals surface area contributed by atoms with Gasteiger partial charge in [-0.1, -0.05) is 29.2 Å². The van der Waals surface area contributed by atoms with Crippen molar-refractivity contribution in [1.29, 1.82) is 0 Å². The van der Waals surface area contributed by atoms with Gasteiger partial charge in [0.1, 0.15) is 15.8 Å². The Hall–Kier alpha value is -3.28. The molecule has 2 aliphatic heterocycles. The lowest BCUT2D eigenvalue weighted by molar-refractivity contribution is -0.143. The molecule has 5 rings (SSSR count). The minimum atomic E-state index is -4.98. The fourth-order valence-corrected chi connectivity index (χ4v) is 5.82. The number of aromatic amines is 1. The highest BCUT2D eigenvalue weighted by Gasteiger charge is 2.37. The van der Waals surface area contributed by atoms with Crippen LogP contribution in [0.15, 0.2) is 39.7 Å². The Labute approximate surface area is 244 Å². The van der Waals surface area contributed by atoms with Crippen LogP contribution in [0.4, 0.5) is 26.3 Å². The van der Waals surface area contributed by atoms with Crippen molar-refractivity contribution in [2.45, 2.75) is 18.8 Å². The van der Waals surface area contributed by atoms with E-state index in [1.165, 1.54) is 23.1 Å². The predicted octanol–water partition coefficient (Wildman–Crippen LogP) is 4.56. The minimum Gasteiger partial charge on any atom is -0.457 e. The first-order valence-corrected chi connectivity index (χ1v) is 13.9. The number of benzene rings is 1. The van der Waals surface area contributed by atoms with Crippen LogP contribution in [-0.2, 0) is 23.6 Å². The molecule has 2 aliphatic rings. The maximum absolute atomic E-state index is 13.2. The van der Waals surface area contributed by atoms with Gasteiger partial charge in [0.05, 0.1) is 16.0 Å². The number of tetrazole rings is 1. The molecule has 1 N–H and O–H groups in total. The molecule has 0 bridgehead atoms. The molecule has 4 heterocycles. The van der Waals surface area contributed by atoms with E-state index >= 15 is 0 Å². The van der Waals surface area contributed by atoms with Crippen molar-refractivity contribution in [3.8, 4) is 11.3 Å². The van der Waals surface area contributed by atoms with Crippen LogP contribution in [0, 0.1) is 0 Å². The van der Waals surface area contributed by atoms with E-state index in [1.54, 1.807) is 0 Å². The average Bonchev–Trinajstić information content (AvgIpc) is 3.68. The topological polar surface area (TPSA) is 94.4 Å². The summed E-state index contributed by atoms with van der Waals surface area (Å²) in [5.74, 6) is 0.204. The number of piperazine rings is 1. The van der Waals surface area contributed by atoms with Crippen molar-refractivity contribution < 1.29 is 35.6 Å². The first-order valence-electron chi connectivity index (χ1n) is 12.7. The number of rotatable bonds is 8. The first-order chi connectivity index (χ1) is 19.9. The summed E-state index contributed by atoms with van der Waals surface area (Å²) < 4.78 is 85.4. The Morgan fingerprint density at radius 1 is 0.952 bits per heavy atom. The SMILES string of the molecule is O=C1/C(=C/c2ccc(-c3cc(C(F)(F)F)cc(C(F)(F)F)c3)o2)SC(=S)N1CCN1CCN(CCc2nn[nH]n2)CC1. The summed E-state index contributed by atoms with van der Waals surface area (Å²) in [4.78, 5) is 19.3. The van der Waals surface area contributed by atoms with Crippen molar-refractivity contribution >= 4 is 40.3 Å². The second-order valence-corrected chi connectivity index (χ2v) is 11.3. The third-order valence-electron chi connectivity index (χ3n) is 6.79. The van der Waals surface area contributed by atoms with Crippen molar-refractivity contribution in [2.75, 3.05) is 45.8 Å². The number of alkyl halides is 6. The van der Waals surface area contributed by atoms with Crippen LogP contribution in [-0.4, -0.2) is 91.4 Å². The number of nitrogens with one attached hydrogen (secondary N) is 1. The molecule has 0 radical (unpaired) electrons. The van der Waals surface area contributed by atoms with Gasteiger partial charge in [0.25, 0.3) is 5.91 Å². The standard InChI is InChI=1S/C25H23F6N7O2S2/c26-24(27,28)16-11-15(12-17(13-16)25(29,30)31)19-2-1-18(40-19)14-20-22(39)38(23(41)42-20)10-9-37-7-5-36(6-8-37)4-3-21-32-34-35-33-21/h1-2,11-14H,3-10H2,(H,32,33,34,35)/b20-14-. The van der Waals surface area contributed by atoms with E-state index in [4.69, 9.17) is 16.6 Å². The van der Waals surface area contributed by atoms with E-state index in [1.807, 2.05) is 0 Å². The number of thiocarbonyl (C=S) groups is 1. The lowest BCUT2D eigenvalue weighted by Gasteiger charge is -2.35. The minimum absolute atomic E-state index is 0.0525. The number of aromatic nitrogens is 4. The number of amides is 1. The Kier molecular flexibility index (Phi) is 8.73. The number of carbonyl (C=O) groups excluding carboxylic acids is 1. The Bertz CT molecular complexity index is 1430. The Morgan fingerprint density at radius 2 is 1.60 bits per heavy atom. The molecule has 17 heteroatoms. The summed E-state index contributed by atoms with van der Waals surface area (Å²) in [6.07, 6.45) is -7.89. The Balaban J connectivity index is 1.19. The van der Waals surface area contributed by atoms with E-state index in [2.05, 4.69) is 30.4 Å². The van der Waals surface area contributed by atoms with Gasteiger partial charge in [-0.15, -0.1) is 10.2 Å². The molecule has 2 aromatic heterocycles. The van der Waals surface area contributed by atoms with Crippen LogP contribution in [0.1, 0.15) is 22.7 Å². The molecule has 0 atom stereocenters. The molecule has 224 valence electrons. The second-order valence-electron chi connectivity index (χ2n) is 9.59. The van der Waals surface area contributed by atoms with Gasteiger partial charge in [-0.3, -0.25) is 14.6 Å². The van der Waals surface area contributed by atoms with Gasteiger partial charge in [-0.2, -0.15) is 31.6 Å². The average molecular weight is 632 g/mol. The third-order valence-corrected chi connectivity index (χ3v) is 8.17.